The molecule has 0 aliphatic carbocycles. The number of H-pyrrole nitrogens is 1. The average Bonchev–Trinajstić information content (AvgIpc) is 2.68. The summed E-state index contributed by atoms with van der Waals surface area (Å²) < 4.78 is 5.21. The van der Waals surface area contributed by atoms with Gasteiger partial charge in [-0.15, -0.1) is 0 Å². The van der Waals surface area contributed by atoms with E-state index in [1.54, 1.807) is 13.3 Å². The van der Waals surface area contributed by atoms with Crippen molar-refractivity contribution in [3.8, 4) is 16.9 Å². The van der Waals surface area contributed by atoms with Crippen LogP contribution in [0.5, 0.6) is 5.75 Å². The number of pyridine rings is 1. The SMILES string of the molecule is COc1ccc(-c2ccnc3nc(N4CCN(C)CC4)[nH]c(=O)c23)cc1. The number of methoxy groups -OCH3 is 1. The number of aromatic nitrogens is 3. The molecule has 0 saturated carbocycles. The fourth-order valence-electron chi connectivity index (χ4n) is 3.23. The van der Waals surface area contributed by atoms with Gasteiger partial charge in [-0.1, -0.05) is 12.1 Å². The van der Waals surface area contributed by atoms with Crippen LogP contribution < -0.4 is 15.2 Å². The van der Waals surface area contributed by atoms with Crippen molar-refractivity contribution < 1.29 is 4.74 Å². The number of hydrogen-bond acceptors (Lipinski definition) is 6. The zero-order valence-electron chi connectivity index (χ0n) is 14.9. The number of benzene rings is 1. The standard InChI is InChI=1S/C19H21N5O2/c1-23-9-11-24(12-10-23)19-21-17-16(18(25)22-19)15(7-8-20-17)13-3-5-14(26-2)6-4-13/h3-8H,9-12H2,1-2H3,(H,20,21,22,25). The first-order valence-corrected chi connectivity index (χ1v) is 8.62. The lowest BCUT2D eigenvalue weighted by molar-refractivity contribution is 0.311. The van der Waals surface area contributed by atoms with E-state index < -0.39 is 0 Å². The Morgan fingerprint density at radius 3 is 2.50 bits per heavy atom. The van der Waals surface area contributed by atoms with E-state index >= 15 is 0 Å². The molecule has 1 saturated heterocycles. The van der Waals surface area contributed by atoms with Gasteiger partial charge in [-0.3, -0.25) is 9.78 Å². The van der Waals surface area contributed by atoms with Crippen molar-refractivity contribution in [1.82, 2.24) is 19.9 Å². The molecule has 1 aliphatic rings. The van der Waals surface area contributed by atoms with Crippen molar-refractivity contribution in [2.24, 2.45) is 0 Å². The molecule has 134 valence electrons. The summed E-state index contributed by atoms with van der Waals surface area (Å²) in [5, 5.41) is 0.510. The maximum atomic E-state index is 12.8. The maximum absolute atomic E-state index is 12.8. The third kappa shape index (κ3) is 3.01. The second-order valence-corrected chi connectivity index (χ2v) is 6.47. The Hall–Kier alpha value is -2.93. The normalized spacial score (nSPS) is 15.4. The molecular formula is C19H21N5O2. The fraction of sp³-hybridized carbons (Fsp3) is 0.316. The van der Waals surface area contributed by atoms with Crippen LogP contribution in [0.25, 0.3) is 22.2 Å². The van der Waals surface area contributed by atoms with E-state index in [0.29, 0.717) is 17.0 Å². The minimum atomic E-state index is -0.164. The van der Waals surface area contributed by atoms with Crippen molar-refractivity contribution in [3.05, 3.63) is 46.9 Å². The van der Waals surface area contributed by atoms with Gasteiger partial charge in [0, 0.05) is 32.4 Å². The molecule has 0 atom stereocenters. The Labute approximate surface area is 151 Å². The lowest BCUT2D eigenvalue weighted by atomic mass is 10.0. The van der Waals surface area contributed by atoms with Gasteiger partial charge in [0.05, 0.1) is 12.5 Å². The highest BCUT2D eigenvalue weighted by Crippen LogP contribution is 2.26. The summed E-state index contributed by atoms with van der Waals surface area (Å²) in [6, 6.07) is 9.46. The van der Waals surface area contributed by atoms with Crippen LogP contribution in [-0.2, 0) is 0 Å². The summed E-state index contributed by atoms with van der Waals surface area (Å²) >= 11 is 0. The number of nitrogens with one attached hydrogen (secondary N) is 1. The lowest BCUT2D eigenvalue weighted by Gasteiger charge is -2.32. The van der Waals surface area contributed by atoms with Crippen LogP contribution in [0.4, 0.5) is 5.95 Å². The summed E-state index contributed by atoms with van der Waals surface area (Å²) in [4.78, 5) is 29.1. The minimum absolute atomic E-state index is 0.164. The first kappa shape index (κ1) is 16.5. The van der Waals surface area contributed by atoms with Crippen molar-refractivity contribution in [1.29, 1.82) is 0 Å². The number of nitrogens with zero attached hydrogens (tertiary/aromatic N) is 4. The van der Waals surface area contributed by atoms with Crippen LogP contribution in [0.2, 0.25) is 0 Å². The minimum Gasteiger partial charge on any atom is -0.497 e. The van der Waals surface area contributed by atoms with Gasteiger partial charge in [0.2, 0.25) is 5.95 Å². The van der Waals surface area contributed by atoms with Crippen molar-refractivity contribution in [3.63, 3.8) is 0 Å². The number of aromatic amines is 1. The molecule has 1 aromatic carbocycles. The van der Waals surface area contributed by atoms with E-state index in [2.05, 4.69) is 31.8 Å². The molecule has 4 rings (SSSR count). The summed E-state index contributed by atoms with van der Waals surface area (Å²) in [7, 11) is 3.72. The smallest absolute Gasteiger partial charge is 0.262 e. The van der Waals surface area contributed by atoms with E-state index in [0.717, 1.165) is 43.1 Å². The van der Waals surface area contributed by atoms with E-state index in [4.69, 9.17) is 4.74 Å². The zero-order chi connectivity index (χ0) is 18.1. The maximum Gasteiger partial charge on any atom is 0.262 e. The van der Waals surface area contributed by atoms with Crippen molar-refractivity contribution >= 4 is 17.0 Å². The number of piperazine rings is 1. The van der Waals surface area contributed by atoms with Gasteiger partial charge in [-0.05, 0) is 36.4 Å². The number of fused-ring (bicyclic) bond motifs is 1. The first-order valence-electron chi connectivity index (χ1n) is 8.62. The molecule has 2 aromatic heterocycles. The Morgan fingerprint density at radius 2 is 1.81 bits per heavy atom. The van der Waals surface area contributed by atoms with Gasteiger partial charge >= 0.3 is 0 Å². The van der Waals surface area contributed by atoms with Crippen LogP contribution in [0.15, 0.2) is 41.3 Å². The second kappa shape index (κ2) is 6.76. The molecule has 7 heteroatoms. The molecule has 0 radical (unpaired) electrons. The van der Waals surface area contributed by atoms with E-state index in [-0.39, 0.29) is 5.56 Å². The highest BCUT2D eigenvalue weighted by molar-refractivity contribution is 5.92. The van der Waals surface area contributed by atoms with Gasteiger partial charge in [-0.2, -0.15) is 4.98 Å². The summed E-state index contributed by atoms with van der Waals surface area (Å²) in [6.45, 7) is 3.56. The average molecular weight is 351 g/mol. The highest BCUT2D eigenvalue weighted by atomic mass is 16.5. The number of likely N-dealkylation sites (N-methyl/N-ethyl adjacent to an activating group) is 1. The fourth-order valence-corrected chi connectivity index (χ4v) is 3.23. The van der Waals surface area contributed by atoms with Gasteiger partial charge in [0.25, 0.3) is 5.56 Å². The predicted octanol–water partition coefficient (Wildman–Crippen LogP) is 1.75. The molecule has 1 fully saturated rings. The Balaban J connectivity index is 1.78. The Kier molecular flexibility index (Phi) is 4.30. The number of anilines is 1. The largest absolute Gasteiger partial charge is 0.497 e. The summed E-state index contributed by atoms with van der Waals surface area (Å²) in [6.07, 6.45) is 1.70. The molecule has 7 nitrogen and oxygen atoms in total. The zero-order valence-corrected chi connectivity index (χ0v) is 14.9. The summed E-state index contributed by atoms with van der Waals surface area (Å²) in [5.41, 5.74) is 2.05. The van der Waals surface area contributed by atoms with Gasteiger partial charge in [0.15, 0.2) is 5.65 Å². The molecule has 0 amide bonds. The molecule has 3 aromatic rings. The van der Waals surface area contributed by atoms with Crippen molar-refractivity contribution in [2.75, 3.05) is 45.2 Å². The Morgan fingerprint density at radius 1 is 1.08 bits per heavy atom. The molecule has 1 N–H and O–H groups in total. The van der Waals surface area contributed by atoms with Crippen molar-refractivity contribution in [2.45, 2.75) is 0 Å². The van der Waals surface area contributed by atoms with E-state index in [1.807, 2.05) is 30.3 Å². The molecular weight excluding hydrogens is 330 g/mol. The first-order chi connectivity index (χ1) is 12.7. The van der Waals surface area contributed by atoms with Crippen LogP contribution in [0.1, 0.15) is 0 Å². The van der Waals surface area contributed by atoms with Crippen LogP contribution in [-0.4, -0.2) is 60.2 Å². The lowest BCUT2D eigenvalue weighted by Crippen LogP contribution is -2.45. The Bertz CT molecular complexity index is 975. The monoisotopic (exact) mass is 351 g/mol. The quantitative estimate of drug-likeness (QED) is 0.775. The van der Waals surface area contributed by atoms with Gasteiger partial charge in [-0.25, -0.2) is 4.98 Å². The molecule has 26 heavy (non-hydrogen) atoms. The number of hydrogen-bond donors (Lipinski definition) is 1. The molecule has 0 bridgehead atoms. The van der Waals surface area contributed by atoms with E-state index in [9.17, 15) is 4.79 Å². The number of ether oxygens (including phenoxy) is 1. The topological polar surface area (TPSA) is 74.4 Å². The van der Waals surface area contributed by atoms with Crippen LogP contribution >= 0.6 is 0 Å². The third-order valence-electron chi connectivity index (χ3n) is 4.80. The van der Waals surface area contributed by atoms with E-state index in [1.165, 1.54) is 0 Å². The van der Waals surface area contributed by atoms with Crippen LogP contribution in [0.3, 0.4) is 0 Å². The molecule has 1 aliphatic heterocycles. The second-order valence-electron chi connectivity index (χ2n) is 6.47. The van der Waals surface area contributed by atoms with Gasteiger partial charge < -0.3 is 14.5 Å². The molecule has 0 spiro atoms. The van der Waals surface area contributed by atoms with Gasteiger partial charge in [0.1, 0.15) is 5.75 Å². The molecule has 3 heterocycles. The highest BCUT2D eigenvalue weighted by Gasteiger charge is 2.18. The number of rotatable bonds is 3. The van der Waals surface area contributed by atoms with Crippen LogP contribution in [0, 0.1) is 0 Å². The summed E-state index contributed by atoms with van der Waals surface area (Å²) in [5.74, 6) is 1.37. The third-order valence-corrected chi connectivity index (χ3v) is 4.80. The predicted molar refractivity (Wildman–Crippen MR) is 102 cm³/mol. The molecule has 0 unspecified atom stereocenters.